The van der Waals surface area contributed by atoms with Gasteiger partial charge in [0.15, 0.2) is 0 Å². The Hall–Kier alpha value is -2.80. The number of nitrogens with one attached hydrogen (secondary N) is 2. The van der Waals surface area contributed by atoms with Crippen LogP contribution in [0.2, 0.25) is 0 Å². The molecule has 2 aromatic rings. The van der Waals surface area contributed by atoms with Gasteiger partial charge in [0.05, 0.1) is 17.7 Å². The standard InChI is InChI=1S/C20H24N2O4S/c1-3-4-15-21-20(23)14-11-16-9-12-17(13-10-16)27(24,25)22-18-7-5-6-8-19(18)26-2/h5-14,22H,3-4,15H2,1-2H3,(H,21,23)/b14-11+. The molecule has 0 unspecified atom stereocenters. The number of benzene rings is 2. The highest BCUT2D eigenvalue weighted by Crippen LogP contribution is 2.26. The van der Waals surface area contributed by atoms with Gasteiger partial charge < -0.3 is 10.1 Å². The molecule has 0 spiro atoms. The van der Waals surface area contributed by atoms with Crippen LogP contribution in [0.4, 0.5) is 5.69 Å². The van der Waals surface area contributed by atoms with Gasteiger partial charge in [0, 0.05) is 12.6 Å². The van der Waals surface area contributed by atoms with Crippen molar-refractivity contribution in [3.8, 4) is 5.75 Å². The highest BCUT2D eigenvalue weighted by molar-refractivity contribution is 7.92. The van der Waals surface area contributed by atoms with Crippen LogP contribution in [-0.4, -0.2) is 28.0 Å². The van der Waals surface area contributed by atoms with E-state index in [2.05, 4.69) is 17.0 Å². The summed E-state index contributed by atoms with van der Waals surface area (Å²) < 4.78 is 32.8. The topological polar surface area (TPSA) is 84.5 Å². The molecule has 2 aromatic carbocycles. The quantitative estimate of drug-likeness (QED) is 0.509. The summed E-state index contributed by atoms with van der Waals surface area (Å²) in [6.45, 7) is 2.70. The maximum Gasteiger partial charge on any atom is 0.262 e. The minimum atomic E-state index is -3.74. The Morgan fingerprint density at radius 1 is 1.11 bits per heavy atom. The summed E-state index contributed by atoms with van der Waals surface area (Å²) >= 11 is 0. The van der Waals surface area contributed by atoms with Gasteiger partial charge in [-0.3, -0.25) is 9.52 Å². The van der Waals surface area contributed by atoms with Crippen LogP contribution in [-0.2, 0) is 14.8 Å². The average molecular weight is 388 g/mol. The lowest BCUT2D eigenvalue weighted by Gasteiger charge is -2.11. The van der Waals surface area contributed by atoms with Crippen molar-refractivity contribution in [3.63, 3.8) is 0 Å². The molecule has 144 valence electrons. The van der Waals surface area contributed by atoms with E-state index in [1.807, 2.05) is 0 Å². The van der Waals surface area contributed by atoms with Crippen molar-refractivity contribution in [2.24, 2.45) is 0 Å². The molecule has 1 amide bonds. The van der Waals surface area contributed by atoms with Gasteiger partial charge in [-0.25, -0.2) is 8.42 Å². The molecule has 2 rings (SSSR count). The maximum atomic E-state index is 12.5. The molecule has 2 N–H and O–H groups in total. The SMILES string of the molecule is CCCCNC(=O)/C=C/c1ccc(S(=O)(=O)Nc2ccccc2OC)cc1. The van der Waals surface area contributed by atoms with Crippen molar-refractivity contribution in [1.82, 2.24) is 5.32 Å². The monoisotopic (exact) mass is 388 g/mol. The number of carbonyl (C=O) groups is 1. The largest absolute Gasteiger partial charge is 0.495 e. The Morgan fingerprint density at radius 3 is 2.48 bits per heavy atom. The first-order chi connectivity index (χ1) is 13.0. The van der Waals surface area contributed by atoms with Crippen LogP contribution in [0.5, 0.6) is 5.75 Å². The number of rotatable bonds is 9. The first-order valence-corrected chi connectivity index (χ1v) is 10.2. The summed E-state index contributed by atoms with van der Waals surface area (Å²) in [5.41, 5.74) is 1.10. The van der Waals surface area contributed by atoms with Crippen LogP contribution in [0.3, 0.4) is 0 Å². The van der Waals surface area contributed by atoms with E-state index in [0.29, 0.717) is 18.0 Å². The number of hydrogen-bond acceptors (Lipinski definition) is 4. The molecule has 0 aromatic heterocycles. The van der Waals surface area contributed by atoms with Crippen molar-refractivity contribution in [1.29, 1.82) is 0 Å². The third kappa shape index (κ3) is 6.14. The van der Waals surface area contributed by atoms with Crippen LogP contribution < -0.4 is 14.8 Å². The van der Waals surface area contributed by atoms with Gasteiger partial charge in [-0.2, -0.15) is 0 Å². The number of carbonyl (C=O) groups excluding carboxylic acids is 1. The predicted molar refractivity (Wildman–Crippen MR) is 107 cm³/mol. The van der Waals surface area contributed by atoms with Crippen LogP contribution >= 0.6 is 0 Å². The molecular weight excluding hydrogens is 364 g/mol. The third-order valence-corrected chi connectivity index (χ3v) is 5.18. The number of hydrogen-bond donors (Lipinski definition) is 2. The van der Waals surface area contributed by atoms with Crippen LogP contribution in [0.25, 0.3) is 6.08 Å². The normalized spacial score (nSPS) is 11.3. The predicted octanol–water partition coefficient (Wildman–Crippen LogP) is 3.43. The van der Waals surface area contributed by atoms with Gasteiger partial charge >= 0.3 is 0 Å². The second-order valence-electron chi connectivity index (χ2n) is 5.85. The Bertz CT molecular complexity index is 890. The zero-order valence-corrected chi connectivity index (χ0v) is 16.3. The summed E-state index contributed by atoms with van der Waals surface area (Å²) in [6, 6.07) is 13.1. The lowest BCUT2D eigenvalue weighted by atomic mass is 10.2. The molecule has 0 bridgehead atoms. The van der Waals surface area contributed by atoms with Crippen molar-refractivity contribution >= 4 is 27.7 Å². The Labute approximate surface area is 160 Å². The molecule has 0 saturated carbocycles. The van der Waals surface area contributed by atoms with E-state index in [0.717, 1.165) is 18.4 Å². The number of anilines is 1. The minimum absolute atomic E-state index is 0.123. The van der Waals surface area contributed by atoms with Crippen molar-refractivity contribution in [3.05, 3.63) is 60.2 Å². The first-order valence-electron chi connectivity index (χ1n) is 8.68. The van der Waals surface area contributed by atoms with E-state index in [9.17, 15) is 13.2 Å². The molecule has 0 atom stereocenters. The molecule has 7 heteroatoms. The number of methoxy groups -OCH3 is 1. The number of ether oxygens (including phenoxy) is 1. The van der Waals surface area contributed by atoms with Crippen molar-refractivity contribution in [2.75, 3.05) is 18.4 Å². The van der Waals surface area contributed by atoms with Gasteiger partial charge in [0.2, 0.25) is 5.91 Å². The van der Waals surface area contributed by atoms with Crippen molar-refractivity contribution < 1.29 is 17.9 Å². The fraction of sp³-hybridized carbons (Fsp3) is 0.250. The van der Waals surface area contributed by atoms with Gasteiger partial charge in [0.25, 0.3) is 10.0 Å². The fourth-order valence-electron chi connectivity index (χ4n) is 2.31. The average Bonchev–Trinajstić information content (AvgIpc) is 2.67. The van der Waals surface area contributed by atoms with Gasteiger partial charge in [-0.05, 0) is 42.3 Å². The number of amides is 1. The van der Waals surface area contributed by atoms with Crippen molar-refractivity contribution in [2.45, 2.75) is 24.7 Å². The fourth-order valence-corrected chi connectivity index (χ4v) is 3.38. The first kappa shape index (κ1) is 20.5. The summed E-state index contributed by atoms with van der Waals surface area (Å²) in [5, 5.41) is 2.78. The highest BCUT2D eigenvalue weighted by Gasteiger charge is 2.16. The van der Waals surface area contributed by atoms with E-state index in [1.54, 1.807) is 42.5 Å². The smallest absolute Gasteiger partial charge is 0.262 e. The molecule has 0 saturated heterocycles. The molecule has 6 nitrogen and oxygen atoms in total. The van der Waals surface area contributed by atoms with Crippen LogP contribution in [0.1, 0.15) is 25.3 Å². The maximum absolute atomic E-state index is 12.5. The Balaban J connectivity index is 2.06. The molecule has 0 radical (unpaired) electrons. The summed E-state index contributed by atoms with van der Waals surface area (Å²) in [4.78, 5) is 11.8. The van der Waals surface area contributed by atoms with E-state index in [1.165, 1.54) is 25.3 Å². The summed E-state index contributed by atoms with van der Waals surface area (Å²) in [7, 11) is -2.26. The lowest BCUT2D eigenvalue weighted by Crippen LogP contribution is -2.21. The Kier molecular flexibility index (Phi) is 7.43. The zero-order chi connectivity index (χ0) is 19.7. The number of sulfonamides is 1. The third-order valence-electron chi connectivity index (χ3n) is 3.80. The zero-order valence-electron chi connectivity index (χ0n) is 15.4. The van der Waals surface area contributed by atoms with E-state index in [-0.39, 0.29) is 10.8 Å². The highest BCUT2D eigenvalue weighted by atomic mass is 32.2. The van der Waals surface area contributed by atoms with Gasteiger partial charge in [0.1, 0.15) is 5.75 Å². The second kappa shape index (κ2) is 9.78. The molecule has 0 fully saturated rings. The van der Waals surface area contributed by atoms with Gasteiger partial charge in [-0.1, -0.05) is 37.6 Å². The minimum Gasteiger partial charge on any atom is -0.495 e. The lowest BCUT2D eigenvalue weighted by molar-refractivity contribution is -0.116. The Morgan fingerprint density at radius 2 is 1.81 bits per heavy atom. The van der Waals surface area contributed by atoms with Crippen LogP contribution in [0, 0.1) is 0 Å². The van der Waals surface area contributed by atoms with E-state index in [4.69, 9.17) is 4.74 Å². The molecular formula is C20H24N2O4S. The number of unbranched alkanes of at least 4 members (excludes halogenated alkanes) is 1. The number of para-hydroxylation sites is 2. The van der Waals surface area contributed by atoms with Crippen LogP contribution in [0.15, 0.2) is 59.5 Å². The van der Waals surface area contributed by atoms with Gasteiger partial charge in [-0.15, -0.1) is 0 Å². The van der Waals surface area contributed by atoms with E-state index < -0.39 is 10.0 Å². The molecule has 0 aliphatic carbocycles. The summed E-state index contributed by atoms with van der Waals surface area (Å²) in [6.07, 6.45) is 5.03. The molecule has 0 aliphatic heterocycles. The van der Waals surface area contributed by atoms with E-state index >= 15 is 0 Å². The molecule has 0 heterocycles. The second-order valence-corrected chi connectivity index (χ2v) is 7.54. The molecule has 0 aliphatic rings. The molecule has 27 heavy (non-hydrogen) atoms. The summed E-state index contributed by atoms with van der Waals surface area (Å²) in [5.74, 6) is 0.271.